The molecule has 2 atom stereocenters. The fourth-order valence-corrected chi connectivity index (χ4v) is 4.26. The number of nitrogens with one attached hydrogen (secondary N) is 1. The number of nitrogens with zero attached hydrogens (tertiary/aromatic N) is 1. The van der Waals surface area contributed by atoms with E-state index in [4.69, 9.17) is 4.74 Å². The maximum Gasteiger partial charge on any atom is 0.322 e. The molecule has 1 unspecified atom stereocenters. The van der Waals surface area contributed by atoms with Crippen LogP contribution in [-0.4, -0.2) is 48.9 Å². The molecule has 1 aromatic carbocycles. The quantitative estimate of drug-likeness (QED) is 0.432. The van der Waals surface area contributed by atoms with Crippen molar-refractivity contribution in [3.63, 3.8) is 0 Å². The molecule has 2 N–H and O–H groups in total. The average molecular weight is 386 g/mol. The molecular formula is C16H22N2O7S. The van der Waals surface area contributed by atoms with Crippen molar-refractivity contribution in [2.75, 3.05) is 12.4 Å². The molecule has 144 valence electrons. The number of rotatable bonds is 11. The number of carboxylic acids is 1. The summed E-state index contributed by atoms with van der Waals surface area (Å²) >= 11 is 0. The van der Waals surface area contributed by atoms with Crippen LogP contribution in [0.2, 0.25) is 0 Å². The van der Waals surface area contributed by atoms with Crippen LogP contribution < -0.4 is 4.72 Å². The lowest BCUT2D eigenvalue weighted by Crippen LogP contribution is -2.45. The van der Waals surface area contributed by atoms with E-state index in [0.29, 0.717) is 6.61 Å². The summed E-state index contributed by atoms with van der Waals surface area (Å²) in [6.07, 6.45) is 0.976. The van der Waals surface area contributed by atoms with E-state index in [0.717, 1.165) is 12.8 Å². The number of nitro groups is 1. The summed E-state index contributed by atoms with van der Waals surface area (Å²) in [5.74, 6) is -1.55. The predicted molar refractivity (Wildman–Crippen MR) is 93.3 cm³/mol. The number of nitro benzene ring substituents is 1. The van der Waals surface area contributed by atoms with E-state index in [1.165, 1.54) is 24.3 Å². The lowest BCUT2D eigenvalue weighted by molar-refractivity contribution is -0.385. The van der Waals surface area contributed by atoms with E-state index in [1.807, 2.05) is 0 Å². The first-order valence-electron chi connectivity index (χ1n) is 8.30. The summed E-state index contributed by atoms with van der Waals surface area (Å²) in [5.41, 5.74) is -0.0979. The van der Waals surface area contributed by atoms with Gasteiger partial charge in [0.1, 0.15) is 6.04 Å². The van der Waals surface area contributed by atoms with Crippen LogP contribution in [0.5, 0.6) is 0 Å². The lowest BCUT2D eigenvalue weighted by Gasteiger charge is -2.19. The number of carbonyl (C=O) groups is 1. The van der Waals surface area contributed by atoms with Gasteiger partial charge >= 0.3 is 5.97 Å². The highest BCUT2D eigenvalue weighted by atomic mass is 32.2. The number of ether oxygens (including phenoxy) is 1. The molecule has 1 aliphatic carbocycles. The largest absolute Gasteiger partial charge is 0.480 e. The third-order valence-corrected chi connectivity index (χ3v) is 5.56. The van der Waals surface area contributed by atoms with Crippen molar-refractivity contribution in [2.45, 2.75) is 38.3 Å². The van der Waals surface area contributed by atoms with Crippen molar-refractivity contribution in [1.29, 1.82) is 0 Å². The summed E-state index contributed by atoms with van der Waals surface area (Å²) in [4.78, 5) is 21.9. The van der Waals surface area contributed by atoms with Gasteiger partial charge in [-0.3, -0.25) is 14.9 Å². The van der Waals surface area contributed by atoms with E-state index in [2.05, 4.69) is 4.72 Å². The van der Waals surface area contributed by atoms with Crippen LogP contribution in [0.1, 0.15) is 25.3 Å². The Morgan fingerprint density at radius 1 is 1.42 bits per heavy atom. The second kappa shape index (κ2) is 8.56. The molecule has 26 heavy (non-hydrogen) atoms. The summed E-state index contributed by atoms with van der Waals surface area (Å²) in [7, 11) is -3.93. The molecule has 0 amide bonds. The van der Waals surface area contributed by atoms with Gasteiger partial charge in [-0.25, -0.2) is 13.1 Å². The minimum atomic E-state index is -3.93. The normalized spacial score (nSPS) is 16.8. The van der Waals surface area contributed by atoms with E-state index < -0.39 is 33.1 Å². The molecule has 0 bridgehead atoms. The summed E-state index contributed by atoms with van der Waals surface area (Å²) in [6, 6.07) is 4.16. The van der Waals surface area contributed by atoms with Gasteiger partial charge in [-0.15, -0.1) is 0 Å². The molecule has 1 aromatic rings. The van der Waals surface area contributed by atoms with Crippen molar-refractivity contribution in [2.24, 2.45) is 5.92 Å². The molecule has 1 fully saturated rings. The van der Waals surface area contributed by atoms with Crippen molar-refractivity contribution < 1.29 is 28.0 Å². The van der Waals surface area contributed by atoms with Crippen LogP contribution in [-0.2, 0) is 26.0 Å². The van der Waals surface area contributed by atoms with Gasteiger partial charge in [-0.1, -0.05) is 18.2 Å². The molecule has 0 aromatic heterocycles. The molecule has 1 aliphatic rings. The second-order valence-electron chi connectivity index (χ2n) is 6.21. The molecule has 10 heteroatoms. The summed E-state index contributed by atoms with van der Waals surface area (Å²) in [6.45, 7) is 2.14. The third-order valence-electron chi connectivity index (χ3n) is 4.14. The first kappa shape index (κ1) is 20.3. The monoisotopic (exact) mass is 386 g/mol. The fourth-order valence-electron chi connectivity index (χ4n) is 2.74. The van der Waals surface area contributed by atoms with Gasteiger partial charge < -0.3 is 9.84 Å². The van der Waals surface area contributed by atoms with Crippen LogP contribution in [0, 0.1) is 16.0 Å². The Labute approximate surface area is 151 Å². The van der Waals surface area contributed by atoms with E-state index >= 15 is 0 Å². The third kappa shape index (κ3) is 5.75. The number of benzene rings is 1. The lowest BCUT2D eigenvalue weighted by atomic mass is 10.0. The topological polar surface area (TPSA) is 136 Å². The average Bonchev–Trinajstić information content (AvgIpc) is 3.38. The highest BCUT2D eigenvalue weighted by Gasteiger charge is 2.36. The van der Waals surface area contributed by atoms with Crippen LogP contribution in [0.15, 0.2) is 24.3 Å². The Morgan fingerprint density at radius 3 is 2.62 bits per heavy atom. The minimum Gasteiger partial charge on any atom is -0.480 e. The molecule has 1 saturated carbocycles. The van der Waals surface area contributed by atoms with Crippen molar-refractivity contribution in [3.8, 4) is 0 Å². The Kier molecular flexibility index (Phi) is 6.68. The van der Waals surface area contributed by atoms with E-state index in [1.54, 1.807) is 6.92 Å². The number of carboxylic acid groups (broad SMARTS) is 1. The zero-order chi connectivity index (χ0) is 19.3. The van der Waals surface area contributed by atoms with Gasteiger partial charge in [0.15, 0.2) is 0 Å². The Balaban J connectivity index is 2.12. The first-order valence-corrected chi connectivity index (χ1v) is 9.95. The molecular weight excluding hydrogens is 364 g/mol. The maximum atomic E-state index is 12.4. The summed E-state index contributed by atoms with van der Waals surface area (Å²) in [5, 5.41) is 20.4. The molecule has 0 spiro atoms. The van der Waals surface area contributed by atoms with Crippen molar-refractivity contribution in [1.82, 2.24) is 4.72 Å². The predicted octanol–water partition coefficient (Wildman–Crippen LogP) is 1.32. The molecule has 0 saturated heterocycles. The molecule has 9 nitrogen and oxygen atoms in total. The molecule has 0 radical (unpaired) electrons. The number of hydrogen-bond acceptors (Lipinski definition) is 6. The highest BCUT2D eigenvalue weighted by molar-refractivity contribution is 7.89. The molecule has 0 aliphatic heterocycles. The Bertz CT molecular complexity index is 762. The first-order chi connectivity index (χ1) is 12.2. The zero-order valence-electron chi connectivity index (χ0n) is 14.3. The van der Waals surface area contributed by atoms with Crippen molar-refractivity contribution >= 4 is 21.7 Å². The maximum absolute atomic E-state index is 12.4. The summed E-state index contributed by atoms with van der Waals surface area (Å²) < 4.78 is 32.4. The Morgan fingerprint density at radius 2 is 2.08 bits per heavy atom. The minimum absolute atomic E-state index is 0.149. The number of aliphatic carboxylic acids is 1. The number of para-hydroxylation sites is 1. The van der Waals surface area contributed by atoms with Gasteiger partial charge in [0.25, 0.3) is 5.69 Å². The van der Waals surface area contributed by atoms with E-state index in [9.17, 15) is 28.4 Å². The van der Waals surface area contributed by atoms with Crippen molar-refractivity contribution in [3.05, 3.63) is 39.9 Å². The number of sulfonamides is 1. The van der Waals surface area contributed by atoms with Crippen LogP contribution in [0.3, 0.4) is 0 Å². The molecule has 0 heterocycles. The standard InChI is InChI=1S/C16H22N2O7S/c1-2-25-15(11-7-8-11)10-26(23,24)17-13(16(19)20)9-12-5-3-4-6-14(12)18(21)22/h3-6,11,13,15,17H,2,7-10H2,1H3,(H,19,20)/t13-,15?/m0/s1. The van der Waals surface area contributed by atoms with Gasteiger partial charge in [0.2, 0.25) is 10.0 Å². The van der Waals surface area contributed by atoms with Gasteiger partial charge in [-0.2, -0.15) is 0 Å². The highest BCUT2D eigenvalue weighted by Crippen LogP contribution is 2.35. The SMILES string of the molecule is CCOC(CS(=O)(=O)N[C@@H](Cc1ccccc1[N+](=O)[O-])C(=O)O)C1CC1. The van der Waals surface area contributed by atoms with Crippen LogP contribution in [0.25, 0.3) is 0 Å². The zero-order valence-corrected chi connectivity index (χ0v) is 15.1. The van der Waals surface area contributed by atoms with Gasteiger partial charge in [0.05, 0.1) is 16.8 Å². The fraction of sp³-hybridized carbons (Fsp3) is 0.562. The molecule has 2 rings (SSSR count). The number of hydrogen-bond donors (Lipinski definition) is 2. The van der Waals surface area contributed by atoms with Gasteiger partial charge in [-0.05, 0) is 25.7 Å². The smallest absolute Gasteiger partial charge is 0.322 e. The Hall–Kier alpha value is -2.04. The second-order valence-corrected chi connectivity index (χ2v) is 8.01. The van der Waals surface area contributed by atoms with Crippen LogP contribution in [0.4, 0.5) is 5.69 Å². The van der Waals surface area contributed by atoms with Gasteiger partial charge in [0, 0.05) is 24.7 Å². The van der Waals surface area contributed by atoms with E-state index in [-0.39, 0.29) is 29.3 Å². The van der Waals surface area contributed by atoms with Crippen LogP contribution >= 0.6 is 0 Å².